The van der Waals surface area contributed by atoms with Crippen LogP contribution in [0.25, 0.3) is 0 Å². The standard InChI is InChI=1S/C17H19FN4O/c1-12-10-22(11-13(2)23-12)17-4-3-14(5-16(17)18)8-21-9-15(6-19)7-20/h3-5,9,12-13,21H,8,10-11H2,1-2H3. The van der Waals surface area contributed by atoms with E-state index in [0.717, 1.165) is 5.56 Å². The van der Waals surface area contributed by atoms with Crippen LogP contribution in [0.4, 0.5) is 10.1 Å². The van der Waals surface area contributed by atoms with E-state index >= 15 is 0 Å². The molecule has 0 saturated carbocycles. The Hall–Kier alpha value is -2.57. The van der Waals surface area contributed by atoms with Crippen molar-refractivity contribution in [1.82, 2.24) is 5.32 Å². The molecule has 0 radical (unpaired) electrons. The molecular formula is C17H19FN4O. The number of hydrogen-bond acceptors (Lipinski definition) is 5. The van der Waals surface area contributed by atoms with Gasteiger partial charge in [-0.1, -0.05) is 6.07 Å². The molecule has 0 spiro atoms. The fourth-order valence-electron chi connectivity index (χ4n) is 2.65. The lowest BCUT2D eigenvalue weighted by Gasteiger charge is -2.37. The first-order valence-corrected chi connectivity index (χ1v) is 7.46. The van der Waals surface area contributed by atoms with Crippen molar-refractivity contribution in [1.29, 1.82) is 10.5 Å². The van der Waals surface area contributed by atoms with Crippen LogP contribution in [0.1, 0.15) is 19.4 Å². The van der Waals surface area contributed by atoms with Crippen LogP contribution in [0, 0.1) is 28.5 Å². The number of halogens is 1. The van der Waals surface area contributed by atoms with Crippen molar-refractivity contribution in [2.24, 2.45) is 0 Å². The van der Waals surface area contributed by atoms with E-state index in [9.17, 15) is 4.39 Å². The van der Waals surface area contributed by atoms with Gasteiger partial charge in [-0.2, -0.15) is 10.5 Å². The number of rotatable bonds is 4. The lowest BCUT2D eigenvalue weighted by atomic mass is 10.1. The zero-order valence-electron chi connectivity index (χ0n) is 13.2. The van der Waals surface area contributed by atoms with Crippen molar-refractivity contribution < 1.29 is 9.13 Å². The summed E-state index contributed by atoms with van der Waals surface area (Å²) < 4.78 is 20.0. The van der Waals surface area contributed by atoms with E-state index < -0.39 is 0 Å². The number of morpholine rings is 1. The molecule has 1 fully saturated rings. The van der Waals surface area contributed by atoms with E-state index in [4.69, 9.17) is 15.3 Å². The van der Waals surface area contributed by atoms with Gasteiger partial charge in [0.15, 0.2) is 0 Å². The van der Waals surface area contributed by atoms with E-state index in [1.807, 2.05) is 24.8 Å². The predicted octanol–water partition coefficient (Wildman–Crippen LogP) is 2.46. The van der Waals surface area contributed by atoms with Gasteiger partial charge < -0.3 is 15.0 Å². The maximum atomic E-state index is 14.4. The molecule has 5 nitrogen and oxygen atoms in total. The van der Waals surface area contributed by atoms with Gasteiger partial charge in [-0.15, -0.1) is 0 Å². The first kappa shape index (κ1) is 16.8. The van der Waals surface area contributed by atoms with Gasteiger partial charge >= 0.3 is 0 Å². The van der Waals surface area contributed by atoms with Gasteiger partial charge in [-0.3, -0.25) is 0 Å². The van der Waals surface area contributed by atoms with Crippen LogP contribution in [0.3, 0.4) is 0 Å². The molecule has 0 aromatic heterocycles. The molecular weight excluding hydrogens is 295 g/mol. The molecule has 23 heavy (non-hydrogen) atoms. The molecule has 0 amide bonds. The summed E-state index contributed by atoms with van der Waals surface area (Å²) in [6.07, 6.45) is 1.47. The van der Waals surface area contributed by atoms with Gasteiger partial charge in [-0.05, 0) is 31.5 Å². The number of anilines is 1. The number of hydrogen-bond donors (Lipinski definition) is 1. The summed E-state index contributed by atoms with van der Waals surface area (Å²) in [6.45, 7) is 5.63. The SMILES string of the molecule is CC1CN(c2ccc(CNC=C(C#N)C#N)cc2F)CC(C)O1. The molecule has 120 valence electrons. The Morgan fingerprint density at radius 1 is 1.35 bits per heavy atom. The average molecular weight is 314 g/mol. The molecule has 2 unspecified atom stereocenters. The second-order valence-electron chi connectivity index (χ2n) is 5.61. The molecule has 1 N–H and O–H groups in total. The van der Waals surface area contributed by atoms with Crippen molar-refractivity contribution in [2.45, 2.75) is 32.6 Å². The van der Waals surface area contributed by atoms with Crippen molar-refractivity contribution >= 4 is 5.69 Å². The van der Waals surface area contributed by atoms with Gasteiger partial charge in [0.2, 0.25) is 0 Å². The minimum Gasteiger partial charge on any atom is -0.385 e. The fraction of sp³-hybridized carbons (Fsp3) is 0.412. The molecule has 2 rings (SSSR count). The molecule has 6 heteroatoms. The van der Waals surface area contributed by atoms with E-state index in [2.05, 4.69) is 5.32 Å². The van der Waals surface area contributed by atoms with Crippen LogP contribution in [0.15, 0.2) is 30.0 Å². The van der Waals surface area contributed by atoms with E-state index in [0.29, 0.717) is 25.3 Å². The summed E-state index contributed by atoms with van der Waals surface area (Å²) in [5.41, 5.74) is 1.30. The Balaban J connectivity index is 2.05. The van der Waals surface area contributed by atoms with Crippen molar-refractivity contribution in [3.63, 3.8) is 0 Å². The summed E-state index contributed by atoms with van der Waals surface area (Å²) in [4.78, 5) is 1.99. The Morgan fingerprint density at radius 3 is 2.57 bits per heavy atom. The monoisotopic (exact) mass is 314 g/mol. The molecule has 2 atom stereocenters. The zero-order valence-corrected chi connectivity index (χ0v) is 13.2. The smallest absolute Gasteiger partial charge is 0.146 e. The molecule has 1 aliphatic heterocycles. The highest BCUT2D eigenvalue weighted by Crippen LogP contribution is 2.24. The van der Waals surface area contributed by atoms with Gasteiger partial charge in [0, 0.05) is 25.8 Å². The Bertz CT molecular complexity index is 648. The predicted molar refractivity (Wildman–Crippen MR) is 84.8 cm³/mol. The number of nitrogens with one attached hydrogen (secondary N) is 1. The molecule has 1 saturated heterocycles. The summed E-state index contributed by atoms with van der Waals surface area (Å²) >= 11 is 0. The second-order valence-corrected chi connectivity index (χ2v) is 5.61. The van der Waals surface area contributed by atoms with Gasteiger partial charge in [0.25, 0.3) is 0 Å². The average Bonchev–Trinajstić information content (AvgIpc) is 2.50. The van der Waals surface area contributed by atoms with E-state index in [1.165, 1.54) is 12.3 Å². The minimum absolute atomic E-state index is 0.0154. The fourth-order valence-corrected chi connectivity index (χ4v) is 2.65. The molecule has 1 aromatic rings. The third-order valence-electron chi connectivity index (χ3n) is 3.57. The Kier molecular flexibility index (Phi) is 5.56. The quantitative estimate of drug-likeness (QED) is 0.864. The maximum Gasteiger partial charge on any atom is 0.146 e. The van der Waals surface area contributed by atoms with Crippen molar-refractivity contribution in [3.05, 3.63) is 41.4 Å². The molecule has 1 aliphatic rings. The van der Waals surface area contributed by atoms with Crippen LogP contribution in [-0.4, -0.2) is 25.3 Å². The highest BCUT2D eigenvalue weighted by Gasteiger charge is 2.24. The lowest BCUT2D eigenvalue weighted by molar-refractivity contribution is -0.00539. The Labute approximate surface area is 135 Å². The number of nitriles is 2. The Morgan fingerprint density at radius 2 is 2.00 bits per heavy atom. The first-order valence-electron chi connectivity index (χ1n) is 7.46. The van der Waals surface area contributed by atoms with Crippen LogP contribution < -0.4 is 10.2 Å². The van der Waals surface area contributed by atoms with E-state index in [-0.39, 0.29) is 23.6 Å². The van der Waals surface area contributed by atoms with Gasteiger partial charge in [-0.25, -0.2) is 4.39 Å². The summed E-state index contributed by atoms with van der Waals surface area (Å²) in [5, 5.41) is 20.1. The highest BCUT2D eigenvalue weighted by atomic mass is 19.1. The lowest BCUT2D eigenvalue weighted by Crippen LogP contribution is -2.45. The number of ether oxygens (including phenoxy) is 1. The highest BCUT2D eigenvalue weighted by molar-refractivity contribution is 5.50. The molecule has 1 aromatic carbocycles. The summed E-state index contributed by atoms with van der Waals surface area (Å²) in [5.74, 6) is -0.282. The first-order chi connectivity index (χ1) is 11.0. The van der Waals surface area contributed by atoms with Gasteiger partial charge in [0.1, 0.15) is 23.5 Å². The summed E-state index contributed by atoms with van der Waals surface area (Å²) in [7, 11) is 0. The second kappa shape index (κ2) is 7.62. The topological polar surface area (TPSA) is 72.1 Å². The third kappa shape index (κ3) is 4.45. The van der Waals surface area contributed by atoms with Crippen molar-refractivity contribution in [2.75, 3.05) is 18.0 Å². The molecule has 1 heterocycles. The normalized spacial score (nSPS) is 20.3. The van der Waals surface area contributed by atoms with Crippen molar-refractivity contribution in [3.8, 4) is 12.1 Å². The zero-order chi connectivity index (χ0) is 16.8. The molecule has 0 bridgehead atoms. The third-order valence-corrected chi connectivity index (χ3v) is 3.57. The largest absolute Gasteiger partial charge is 0.385 e. The van der Waals surface area contributed by atoms with Gasteiger partial charge in [0.05, 0.1) is 17.9 Å². The number of benzene rings is 1. The van der Waals surface area contributed by atoms with E-state index in [1.54, 1.807) is 18.2 Å². The number of nitrogens with zero attached hydrogens (tertiary/aromatic N) is 3. The van der Waals surface area contributed by atoms with Crippen LogP contribution >= 0.6 is 0 Å². The number of allylic oxidation sites excluding steroid dienone is 1. The van der Waals surface area contributed by atoms with Crippen LogP contribution in [0.5, 0.6) is 0 Å². The maximum absolute atomic E-state index is 14.4. The van der Waals surface area contributed by atoms with Crippen LogP contribution in [-0.2, 0) is 11.3 Å². The van der Waals surface area contributed by atoms with Crippen LogP contribution in [0.2, 0.25) is 0 Å². The molecule has 0 aliphatic carbocycles. The minimum atomic E-state index is -0.282. The summed E-state index contributed by atoms with van der Waals surface area (Å²) in [6, 6.07) is 8.58.